The molecule has 3 rings (SSSR count). The van der Waals surface area contributed by atoms with E-state index in [1.165, 1.54) is 6.07 Å². The molecular weight excluding hydrogens is 295 g/mol. The van der Waals surface area contributed by atoms with Crippen LogP contribution in [-0.4, -0.2) is 9.97 Å². The number of thiazole rings is 1. The number of aryl methyl sites for hydroxylation is 2. The first kappa shape index (κ1) is 13.4. The molecule has 2 aromatic heterocycles. The largest absolute Gasteiger partial charge is 0.343 e. The molecule has 0 amide bonds. The Kier molecular flexibility index (Phi) is 3.41. The van der Waals surface area contributed by atoms with Crippen molar-refractivity contribution in [2.24, 2.45) is 9.50 Å². The van der Waals surface area contributed by atoms with Gasteiger partial charge < -0.3 is 4.98 Å². The second-order valence-electron chi connectivity index (χ2n) is 4.42. The standard InChI is InChI=1S/C13H13FN4S2/c1-7-3-4-11(9(14)5-7)20(15)18-10-6-16-13-12(10)19-8(2)17-13/h3-6,16H,1-2H3,(H2,15,18). The Morgan fingerprint density at radius 2 is 2.20 bits per heavy atom. The third-order valence-corrected chi connectivity index (χ3v) is 4.99. The molecular formula is C13H13FN4S2. The quantitative estimate of drug-likeness (QED) is 0.757. The number of halogens is 1. The van der Waals surface area contributed by atoms with Gasteiger partial charge in [-0.05, 0) is 31.5 Å². The highest BCUT2D eigenvalue weighted by Crippen LogP contribution is 2.32. The molecule has 1 unspecified atom stereocenters. The van der Waals surface area contributed by atoms with E-state index in [-0.39, 0.29) is 5.82 Å². The first-order chi connectivity index (χ1) is 9.54. The summed E-state index contributed by atoms with van der Waals surface area (Å²) in [5.41, 5.74) is 2.40. The van der Waals surface area contributed by atoms with Crippen LogP contribution in [0.4, 0.5) is 10.1 Å². The van der Waals surface area contributed by atoms with Gasteiger partial charge in [0.15, 0.2) is 5.65 Å². The van der Waals surface area contributed by atoms with Crippen molar-refractivity contribution in [2.75, 3.05) is 0 Å². The number of nitrogens with two attached hydrogens (primary N) is 1. The predicted octanol–water partition coefficient (Wildman–Crippen LogP) is 3.75. The fourth-order valence-electron chi connectivity index (χ4n) is 1.90. The average molecular weight is 308 g/mol. The maximum Gasteiger partial charge on any atom is 0.151 e. The van der Waals surface area contributed by atoms with Gasteiger partial charge in [-0.15, -0.1) is 11.3 Å². The fraction of sp³-hybridized carbons (Fsp3) is 0.154. The van der Waals surface area contributed by atoms with E-state index in [4.69, 9.17) is 5.14 Å². The van der Waals surface area contributed by atoms with E-state index in [1.807, 2.05) is 19.9 Å². The van der Waals surface area contributed by atoms with Gasteiger partial charge in [0.25, 0.3) is 0 Å². The summed E-state index contributed by atoms with van der Waals surface area (Å²) in [6, 6.07) is 5.00. The summed E-state index contributed by atoms with van der Waals surface area (Å²) in [6.07, 6.45) is 1.76. The summed E-state index contributed by atoms with van der Waals surface area (Å²) in [7, 11) is -1.02. The molecule has 0 aliphatic heterocycles. The zero-order chi connectivity index (χ0) is 14.3. The lowest BCUT2D eigenvalue weighted by Crippen LogP contribution is -2.05. The molecule has 0 saturated carbocycles. The molecule has 7 heteroatoms. The molecule has 3 N–H and O–H groups in total. The first-order valence-corrected chi connectivity index (χ1v) is 8.02. The molecule has 3 aromatic rings. The number of aromatic amines is 1. The van der Waals surface area contributed by atoms with Gasteiger partial charge in [0.1, 0.15) is 11.5 Å². The van der Waals surface area contributed by atoms with E-state index in [9.17, 15) is 4.39 Å². The highest BCUT2D eigenvalue weighted by atomic mass is 32.2. The summed E-state index contributed by atoms with van der Waals surface area (Å²) in [5.74, 6) is -0.313. The molecule has 2 heterocycles. The second kappa shape index (κ2) is 5.08. The maximum atomic E-state index is 13.9. The zero-order valence-corrected chi connectivity index (χ0v) is 12.6. The molecule has 0 bridgehead atoms. The lowest BCUT2D eigenvalue weighted by molar-refractivity contribution is 0.600. The minimum atomic E-state index is -1.02. The number of benzene rings is 1. The minimum Gasteiger partial charge on any atom is -0.343 e. The van der Waals surface area contributed by atoms with Crippen LogP contribution in [0.5, 0.6) is 0 Å². The zero-order valence-electron chi connectivity index (χ0n) is 11.0. The molecule has 104 valence electrons. The van der Waals surface area contributed by atoms with Gasteiger partial charge >= 0.3 is 0 Å². The Morgan fingerprint density at radius 3 is 2.95 bits per heavy atom. The van der Waals surface area contributed by atoms with Crippen LogP contribution in [0.2, 0.25) is 0 Å². The SMILES string of the molecule is Cc1ccc(S(N)=Nc2c[nH]c3nc(C)sc23)c(F)c1. The van der Waals surface area contributed by atoms with Crippen molar-refractivity contribution in [2.45, 2.75) is 18.7 Å². The van der Waals surface area contributed by atoms with Crippen molar-refractivity contribution in [3.05, 3.63) is 40.8 Å². The number of fused-ring (bicyclic) bond motifs is 1. The van der Waals surface area contributed by atoms with E-state index in [0.717, 1.165) is 26.6 Å². The topological polar surface area (TPSA) is 67.1 Å². The van der Waals surface area contributed by atoms with Crippen LogP contribution in [0.3, 0.4) is 0 Å². The predicted molar refractivity (Wildman–Crippen MR) is 81.8 cm³/mol. The molecule has 0 saturated heterocycles. The number of H-pyrrole nitrogens is 1. The highest BCUT2D eigenvalue weighted by Gasteiger charge is 2.10. The van der Waals surface area contributed by atoms with E-state index in [1.54, 1.807) is 23.6 Å². The molecule has 0 radical (unpaired) electrons. The Hall–Kier alpha value is -1.57. The number of hydrogen-bond acceptors (Lipinski definition) is 3. The molecule has 20 heavy (non-hydrogen) atoms. The van der Waals surface area contributed by atoms with Crippen LogP contribution in [0, 0.1) is 19.7 Å². The molecule has 1 atom stereocenters. The summed E-state index contributed by atoms with van der Waals surface area (Å²) in [5, 5.41) is 6.99. The fourth-order valence-corrected chi connectivity index (χ4v) is 3.72. The number of hydrogen-bond donors (Lipinski definition) is 2. The minimum absolute atomic E-state index is 0.313. The monoisotopic (exact) mass is 308 g/mol. The van der Waals surface area contributed by atoms with Gasteiger partial charge in [-0.25, -0.2) is 13.7 Å². The maximum absolute atomic E-state index is 13.9. The van der Waals surface area contributed by atoms with Gasteiger partial charge in [0, 0.05) is 17.1 Å². The Balaban J connectivity index is 2.06. The molecule has 1 aromatic carbocycles. The third kappa shape index (κ3) is 2.39. The summed E-state index contributed by atoms with van der Waals surface area (Å²) in [6.45, 7) is 3.78. The lowest BCUT2D eigenvalue weighted by atomic mass is 10.2. The van der Waals surface area contributed by atoms with Gasteiger partial charge in [0.2, 0.25) is 0 Å². The van der Waals surface area contributed by atoms with Gasteiger partial charge in [-0.2, -0.15) is 0 Å². The lowest BCUT2D eigenvalue weighted by Gasteiger charge is -2.04. The molecule has 0 fully saturated rings. The second-order valence-corrected chi connectivity index (χ2v) is 6.88. The summed E-state index contributed by atoms with van der Waals surface area (Å²) >= 11 is 1.55. The van der Waals surface area contributed by atoms with E-state index in [2.05, 4.69) is 14.3 Å². The van der Waals surface area contributed by atoms with Crippen molar-refractivity contribution >= 4 is 38.2 Å². The third-order valence-electron chi connectivity index (χ3n) is 2.82. The van der Waals surface area contributed by atoms with Crippen molar-refractivity contribution in [1.82, 2.24) is 9.97 Å². The van der Waals surface area contributed by atoms with Crippen LogP contribution < -0.4 is 5.14 Å². The number of aromatic nitrogens is 2. The van der Waals surface area contributed by atoms with Gasteiger partial charge in [-0.1, -0.05) is 6.07 Å². The van der Waals surface area contributed by atoms with Gasteiger partial charge in [0.05, 0.1) is 14.6 Å². The summed E-state index contributed by atoms with van der Waals surface area (Å²) < 4.78 is 19.3. The average Bonchev–Trinajstić information content (AvgIpc) is 2.90. The van der Waals surface area contributed by atoms with Crippen molar-refractivity contribution in [1.29, 1.82) is 0 Å². The Labute approximate surface area is 122 Å². The number of nitrogens with one attached hydrogen (secondary N) is 1. The van der Waals surface area contributed by atoms with Crippen LogP contribution in [0.25, 0.3) is 10.3 Å². The Bertz CT molecular complexity index is 819. The summed E-state index contributed by atoms with van der Waals surface area (Å²) in [4.78, 5) is 7.81. The molecule has 0 aliphatic rings. The van der Waals surface area contributed by atoms with Crippen molar-refractivity contribution in [3.63, 3.8) is 0 Å². The number of nitrogens with zero attached hydrogens (tertiary/aromatic N) is 2. The Morgan fingerprint density at radius 1 is 1.40 bits per heavy atom. The van der Waals surface area contributed by atoms with Crippen molar-refractivity contribution < 1.29 is 4.39 Å². The molecule has 0 aliphatic carbocycles. The van der Waals surface area contributed by atoms with Crippen LogP contribution in [0.15, 0.2) is 33.7 Å². The normalized spacial score (nSPS) is 13.2. The highest BCUT2D eigenvalue weighted by molar-refractivity contribution is 7.85. The van der Waals surface area contributed by atoms with Crippen LogP contribution >= 0.6 is 11.3 Å². The molecule has 4 nitrogen and oxygen atoms in total. The van der Waals surface area contributed by atoms with Crippen LogP contribution in [-0.2, 0) is 10.9 Å². The first-order valence-electron chi connectivity index (χ1n) is 5.96. The number of rotatable bonds is 2. The van der Waals surface area contributed by atoms with Gasteiger partial charge in [-0.3, -0.25) is 5.14 Å². The smallest absolute Gasteiger partial charge is 0.151 e. The van der Waals surface area contributed by atoms with Crippen molar-refractivity contribution in [3.8, 4) is 0 Å². The van der Waals surface area contributed by atoms with E-state index < -0.39 is 10.9 Å². The van der Waals surface area contributed by atoms with E-state index in [0.29, 0.717) is 4.90 Å². The van der Waals surface area contributed by atoms with E-state index >= 15 is 0 Å². The molecule has 0 spiro atoms. The van der Waals surface area contributed by atoms with Crippen LogP contribution in [0.1, 0.15) is 10.6 Å².